The smallest absolute Gasteiger partial charge is 0.335 e. The number of carbonyl (C=O) groups excluding carboxylic acids is 2. The zero-order valence-electron chi connectivity index (χ0n) is 12.0. The minimum atomic E-state index is -1.09. The zero-order chi connectivity index (χ0) is 15.6. The first-order chi connectivity index (χ1) is 9.90. The number of carboxylic acid groups (broad SMARTS) is 1. The summed E-state index contributed by atoms with van der Waals surface area (Å²) in [5.41, 5.74) is 0.287. The van der Waals surface area contributed by atoms with Crippen LogP contribution < -0.4 is 5.32 Å². The predicted octanol–water partition coefficient (Wildman–Crippen LogP) is 1.12. The maximum atomic E-state index is 12.1. The minimum Gasteiger partial charge on any atom is -0.478 e. The Labute approximate surface area is 122 Å². The van der Waals surface area contributed by atoms with Gasteiger partial charge in [0.2, 0.25) is 5.91 Å². The summed E-state index contributed by atoms with van der Waals surface area (Å²) in [5, 5.41) is 11.6. The molecule has 0 spiro atoms. The Balaban J connectivity index is 2.07. The van der Waals surface area contributed by atoms with Gasteiger partial charge in [0.25, 0.3) is 5.91 Å². The Bertz CT molecular complexity index is 583. The van der Waals surface area contributed by atoms with Crippen LogP contribution in [-0.2, 0) is 4.79 Å². The van der Waals surface area contributed by atoms with Gasteiger partial charge in [-0.25, -0.2) is 4.79 Å². The molecule has 0 radical (unpaired) electrons. The summed E-state index contributed by atoms with van der Waals surface area (Å²) in [6.07, 6.45) is 0.571. The van der Waals surface area contributed by atoms with Gasteiger partial charge >= 0.3 is 5.97 Å². The Morgan fingerprint density at radius 1 is 1.33 bits per heavy atom. The first-order valence-electron chi connectivity index (χ1n) is 6.85. The minimum absolute atomic E-state index is 0.0456. The van der Waals surface area contributed by atoms with E-state index >= 15 is 0 Å². The van der Waals surface area contributed by atoms with E-state index in [1.165, 1.54) is 24.3 Å². The number of benzene rings is 1. The summed E-state index contributed by atoms with van der Waals surface area (Å²) in [5.74, 6) is -1.61. The third-order valence-electron chi connectivity index (χ3n) is 3.54. The fourth-order valence-corrected chi connectivity index (χ4v) is 2.38. The maximum Gasteiger partial charge on any atom is 0.335 e. The molecule has 1 atom stereocenters. The summed E-state index contributed by atoms with van der Waals surface area (Å²) < 4.78 is 0. The molecule has 6 nitrogen and oxygen atoms in total. The lowest BCUT2D eigenvalue weighted by Crippen LogP contribution is -2.43. The van der Waals surface area contributed by atoms with Crippen LogP contribution in [0.25, 0.3) is 0 Å². The van der Waals surface area contributed by atoms with E-state index in [2.05, 4.69) is 5.32 Å². The zero-order valence-corrected chi connectivity index (χ0v) is 12.0. The number of carboxylic acids is 1. The third-order valence-corrected chi connectivity index (χ3v) is 3.54. The first-order valence-corrected chi connectivity index (χ1v) is 6.85. The van der Waals surface area contributed by atoms with Crippen LogP contribution in [0.3, 0.4) is 0 Å². The normalized spacial score (nSPS) is 18.1. The van der Waals surface area contributed by atoms with Gasteiger partial charge in [-0.15, -0.1) is 0 Å². The first kappa shape index (κ1) is 15.0. The van der Waals surface area contributed by atoms with Crippen LogP contribution in [0.4, 0.5) is 0 Å². The number of hydrogen-bond acceptors (Lipinski definition) is 3. The topological polar surface area (TPSA) is 86.7 Å². The van der Waals surface area contributed by atoms with Crippen LogP contribution >= 0.6 is 0 Å². The fraction of sp³-hybridized carbons (Fsp3) is 0.400. The quantitative estimate of drug-likeness (QED) is 0.870. The van der Waals surface area contributed by atoms with Gasteiger partial charge in [0, 0.05) is 18.2 Å². The van der Waals surface area contributed by atoms with E-state index in [0.717, 1.165) is 0 Å². The second kappa shape index (κ2) is 5.95. The lowest BCUT2D eigenvalue weighted by molar-refractivity contribution is -0.130. The van der Waals surface area contributed by atoms with Crippen molar-refractivity contribution in [2.45, 2.75) is 32.4 Å². The lowest BCUT2D eigenvalue weighted by atomic mass is 10.1. The van der Waals surface area contributed by atoms with Crippen LogP contribution in [0.1, 0.15) is 41.0 Å². The summed E-state index contributed by atoms with van der Waals surface area (Å²) in [6, 6.07) is 5.33. The fourth-order valence-electron chi connectivity index (χ4n) is 2.38. The van der Waals surface area contributed by atoms with Crippen LogP contribution in [0, 0.1) is 0 Å². The molecule has 1 saturated heterocycles. The van der Waals surface area contributed by atoms with Gasteiger partial charge in [-0.2, -0.15) is 0 Å². The van der Waals surface area contributed by atoms with Gasteiger partial charge in [-0.1, -0.05) is 6.07 Å². The molecule has 2 amide bonds. The Morgan fingerprint density at radius 3 is 2.57 bits per heavy atom. The number of rotatable bonds is 4. The molecule has 2 N–H and O–H groups in total. The van der Waals surface area contributed by atoms with Crippen LogP contribution in [0.2, 0.25) is 0 Å². The van der Waals surface area contributed by atoms with Crippen LogP contribution in [0.15, 0.2) is 24.3 Å². The molecular weight excluding hydrogens is 272 g/mol. The molecule has 1 aliphatic heterocycles. The molecule has 0 saturated carbocycles. The van der Waals surface area contributed by atoms with E-state index in [-0.39, 0.29) is 23.1 Å². The van der Waals surface area contributed by atoms with Crippen molar-refractivity contribution in [3.63, 3.8) is 0 Å². The van der Waals surface area contributed by atoms with Crippen LogP contribution in [0.5, 0.6) is 0 Å². The van der Waals surface area contributed by atoms with Gasteiger partial charge < -0.3 is 15.3 Å². The van der Waals surface area contributed by atoms with E-state index in [9.17, 15) is 14.4 Å². The standard InChI is InChI=1S/C15H18N2O4/c1-9(2)17-7-6-12(14(17)19)16-13(18)10-4-3-5-11(8-10)15(20)21/h3-5,8-9,12H,6-7H2,1-2H3,(H,16,18)(H,20,21). The molecule has 6 heteroatoms. The van der Waals surface area contributed by atoms with Crippen LogP contribution in [-0.4, -0.2) is 46.4 Å². The van der Waals surface area contributed by atoms with E-state index < -0.39 is 17.9 Å². The molecule has 1 aromatic carbocycles. The molecule has 21 heavy (non-hydrogen) atoms. The van der Waals surface area contributed by atoms with Crippen molar-refractivity contribution in [2.75, 3.05) is 6.54 Å². The SMILES string of the molecule is CC(C)N1CCC(NC(=O)c2cccc(C(=O)O)c2)C1=O. The number of nitrogens with one attached hydrogen (secondary N) is 1. The highest BCUT2D eigenvalue weighted by Gasteiger charge is 2.34. The van der Waals surface area contributed by atoms with Gasteiger partial charge in [0.15, 0.2) is 0 Å². The predicted molar refractivity (Wildman–Crippen MR) is 76.1 cm³/mol. The highest BCUT2D eigenvalue weighted by molar-refractivity contribution is 6.00. The van der Waals surface area contributed by atoms with Gasteiger partial charge in [0.05, 0.1) is 5.56 Å². The van der Waals surface area contributed by atoms with E-state index in [4.69, 9.17) is 5.11 Å². The average Bonchev–Trinajstić information content (AvgIpc) is 2.80. The van der Waals surface area contributed by atoms with Gasteiger partial charge in [0.1, 0.15) is 6.04 Å². The third kappa shape index (κ3) is 3.21. The Morgan fingerprint density at radius 2 is 2.00 bits per heavy atom. The van der Waals surface area contributed by atoms with Gasteiger partial charge in [-0.05, 0) is 38.5 Å². The number of hydrogen-bond donors (Lipinski definition) is 2. The maximum absolute atomic E-state index is 12.1. The highest BCUT2D eigenvalue weighted by Crippen LogP contribution is 2.15. The molecule has 1 aromatic rings. The highest BCUT2D eigenvalue weighted by atomic mass is 16.4. The Hall–Kier alpha value is -2.37. The summed E-state index contributed by atoms with van der Waals surface area (Å²) in [6.45, 7) is 4.48. The average molecular weight is 290 g/mol. The number of amides is 2. The van der Waals surface area contributed by atoms with E-state index in [1.807, 2.05) is 13.8 Å². The molecule has 1 unspecified atom stereocenters. The van der Waals surface area contributed by atoms with E-state index in [0.29, 0.717) is 13.0 Å². The largest absolute Gasteiger partial charge is 0.478 e. The second-order valence-electron chi connectivity index (χ2n) is 5.33. The van der Waals surface area contributed by atoms with Crippen molar-refractivity contribution in [3.8, 4) is 0 Å². The molecule has 1 aliphatic rings. The number of likely N-dealkylation sites (tertiary alicyclic amines) is 1. The summed E-state index contributed by atoms with van der Waals surface area (Å²) in [4.78, 5) is 36.8. The molecule has 0 aliphatic carbocycles. The molecule has 0 bridgehead atoms. The Kier molecular flexibility index (Phi) is 4.26. The summed E-state index contributed by atoms with van der Waals surface area (Å²) >= 11 is 0. The molecule has 1 heterocycles. The molecule has 112 valence electrons. The number of aromatic carboxylic acids is 1. The monoisotopic (exact) mass is 290 g/mol. The second-order valence-corrected chi connectivity index (χ2v) is 5.33. The van der Waals surface area contributed by atoms with Crippen molar-refractivity contribution in [1.29, 1.82) is 0 Å². The van der Waals surface area contributed by atoms with Crippen molar-refractivity contribution in [3.05, 3.63) is 35.4 Å². The van der Waals surface area contributed by atoms with Crippen molar-refractivity contribution < 1.29 is 19.5 Å². The van der Waals surface area contributed by atoms with E-state index in [1.54, 1.807) is 4.90 Å². The molecule has 2 rings (SSSR count). The molecule has 0 aromatic heterocycles. The number of nitrogens with zero attached hydrogens (tertiary/aromatic N) is 1. The number of carbonyl (C=O) groups is 3. The molecule has 1 fully saturated rings. The van der Waals surface area contributed by atoms with Crippen molar-refractivity contribution >= 4 is 17.8 Å². The lowest BCUT2D eigenvalue weighted by Gasteiger charge is -2.21. The molecular formula is C15H18N2O4. The van der Waals surface area contributed by atoms with Gasteiger partial charge in [-0.3, -0.25) is 9.59 Å². The van der Waals surface area contributed by atoms with Crippen molar-refractivity contribution in [1.82, 2.24) is 10.2 Å². The summed E-state index contributed by atoms with van der Waals surface area (Å²) in [7, 11) is 0. The van der Waals surface area contributed by atoms with Crippen molar-refractivity contribution in [2.24, 2.45) is 0 Å².